The van der Waals surface area contributed by atoms with Crippen LogP contribution in [0.4, 0.5) is 0 Å². The highest BCUT2D eigenvalue weighted by molar-refractivity contribution is 5.79. The van der Waals surface area contributed by atoms with E-state index >= 15 is 0 Å². The van der Waals surface area contributed by atoms with Gasteiger partial charge in [0.15, 0.2) is 0 Å². The molecule has 0 atom stereocenters. The number of amides is 1. The molecule has 1 fully saturated rings. The zero-order valence-electron chi connectivity index (χ0n) is 13.6. The molecule has 0 bridgehead atoms. The van der Waals surface area contributed by atoms with Crippen LogP contribution in [0.15, 0.2) is 0 Å². The fraction of sp³-hybridized carbons (Fsp3) is 0.875. The topological polar surface area (TPSA) is 69.6 Å². The second-order valence-corrected chi connectivity index (χ2v) is 6.46. The zero-order valence-corrected chi connectivity index (χ0v) is 13.6. The lowest BCUT2D eigenvalue weighted by Crippen LogP contribution is -2.35. The molecule has 0 aromatic carbocycles. The Kier molecular flexibility index (Phi) is 7.72. The number of nitrogens with zero attached hydrogens (tertiary/aromatic N) is 1. The molecule has 21 heavy (non-hydrogen) atoms. The summed E-state index contributed by atoms with van der Waals surface area (Å²) in [4.78, 5) is 25.2. The average molecular weight is 298 g/mol. The first-order valence-corrected chi connectivity index (χ1v) is 8.12. The summed E-state index contributed by atoms with van der Waals surface area (Å²) in [6.45, 7) is 6.13. The van der Waals surface area contributed by atoms with E-state index in [1.807, 2.05) is 0 Å². The minimum Gasteiger partial charge on any atom is -0.481 e. The Morgan fingerprint density at radius 1 is 1.14 bits per heavy atom. The Hall–Kier alpha value is -1.10. The van der Waals surface area contributed by atoms with Gasteiger partial charge in [0.1, 0.15) is 0 Å². The Balaban J connectivity index is 2.11. The normalized spacial score (nSPS) is 22.5. The third kappa shape index (κ3) is 6.46. The molecule has 1 saturated carbocycles. The standard InChI is InChI=1S/C16H30N2O3/c1-12(2)18(3)11-5-4-10-17-15(19)13-6-8-14(9-7-13)16(20)21/h12-14H,4-11H2,1-3H3,(H,17,19)(H,20,21). The summed E-state index contributed by atoms with van der Waals surface area (Å²) < 4.78 is 0. The van der Waals surface area contributed by atoms with Crippen LogP contribution in [0.25, 0.3) is 0 Å². The molecule has 5 nitrogen and oxygen atoms in total. The highest BCUT2D eigenvalue weighted by atomic mass is 16.4. The van der Waals surface area contributed by atoms with Crippen LogP contribution in [0.1, 0.15) is 52.4 Å². The Morgan fingerprint density at radius 2 is 1.71 bits per heavy atom. The molecule has 0 unspecified atom stereocenters. The minimum absolute atomic E-state index is 0.0129. The largest absolute Gasteiger partial charge is 0.481 e. The lowest BCUT2D eigenvalue weighted by Gasteiger charge is -2.25. The summed E-state index contributed by atoms with van der Waals surface area (Å²) in [5.74, 6) is -0.848. The Morgan fingerprint density at radius 3 is 2.24 bits per heavy atom. The van der Waals surface area contributed by atoms with Crippen molar-refractivity contribution in [1.29, 1.82) is 0 Å². The molecule has 0 aliphatic heterocycles. The van der Waals surface area contributed by atoms with Gasteiger partial charge in [-0.15, -0.1) is 0 Å². The zero-order chi connectivity index (χ0) is 15.8. The lowest BCUT2D eigenvalue weighted by molar-refractivity contribution is -0.144. The quantitative estimate of drug-likeness (QED) is 0.673. The fourth-order valence-corrected chi connectivity index (χ4v) is 2.70. The van der Waals surface area contributed by atoms with Gasteiger partial charge in [-0.25, -0.2) is 0 Å². The summed E-state index contributed by atoms with van der Waals surface area (Å²) in [5, 5.41) is 11.9. The first-order chi connectivity index (χ1) is 9.91. The van der Waals surface area contributed by atoms with Crippen molar-refractivity contribution in [2.45, 2.75) is 58.4 Å². The molecule has 5 heteroatoms. The summed E-state index contributed by atoms with van der Waals surface area (Å²) in [5.41, 5.74) is 0. The van der Waals surface area contributed by atoms with Crippen LogP contribution in [0, 0.1) is 11.8 Å². The highest BCUT2D eigenvalue weighted by Gasteiger charge is 2.29. The molecule has 1 aliphatic rings. The number of carboxylic acids is 1. The number of hydrogen-bond donors (Lipinski definition) is 2. The summed E-state index contributed by atoms with van der Waals surface area (Å²) >= 11 is 0. The van der Waals surface area contributed by atoms with E-state index < -0.39 is 5.97 Å². The maximum Gasteiger partial charge on any atom is 0.306 e. The van der Waals surface area contributed by atoms with Crippen LogP contribution in [-0.2, 0) is 9.59 Å². The van der Waals surface area contributed by atoms with Gasteiger partial charge in [0.2, 0.25) is 5.91 Å². The van der Waals surface area contributed by atoms with E-state index in [0.29, 0.717) is 31.7 Å². The third-order valence-corrected chi connectivity index (χ3v) is 4.57. The number of carbonyl (C=O) groups excluding carboxylic acids is 1. The maximum atomic E-state index is 12.0. The fourth-order valence-electron chi connectivity index (χ4n) is 2.70. The van der Waals surface area contributed by atoms with Crippen molar-refractivity contribution in [3.63, 3.8) is 0 Å². The van der Waals surface area contributed by atoms with E-state index in [-0.39, 0.29) is 17.7 Å². The van der Waals surface area contributed by atoms with E-state index in [9.17, 15) is 9.59 Å². The van der Waals surface area contributed by atoms with E-state index in [0.717, 1.165) is 25.9 Å². The van der Waals surface area contributed by atoms with Gasteiger partial charge < -0.3 is 15.3 Å². The Labute approximate surface area is 128 Å². The summed E-state index contributed by atoms with van der Waals surface area (Å²) in [7, 11) is 2.12. The number of carboxylic acid groups (broad SMARTS) is 1. The van der Waals surface area contributed by atoms with Crippen LogP contribution in [0.3, 0.4) is 0 Å². The average Bonchev–Trinajstić information content (AvgIpc) is 2.46. The van der Waals surface area contributed by atoms with Crippen molar-refractivity contribution in [2.75, 3.05) is 20.1 Å². The Bertz CT molecular complexity index is 336. The molecule has 0 saturated heterocycles. The van der Waals surface area contributed by atoms with Crippen LogP contribution in [0.5, 0.6) is 0 Å². The molecule has 1 rings (SSSR count). The molecule has 0 spiro atoms. The highest BCUT2D eigenvalue weighted by Crippen LogP contribution is 2.28. The van der Waals surface area contributed by atoms with Crippen LogP contribution < -0.4 is 5.32 Å². The van der Waals surface area contributed by atoms with Gasteiger partial charge in [0.05, 0.1) is 5.92 Å². The third-order valence-electron chi connectivity index (χ3n) is 4.57. The molecule has 0 heterocycles. The molecular weight excluding hydrogens is 268 g/mol. The SMILES string of the molecule is CC(C)N(C)CCCCNC(=O)C1CCC(C(=O)O)CC1. The van der Waals surface area contributed by atoms with E-state index in [1.54, 1.807) is 0 Å². The van der Waals surface area contributed by atoms with E-state index in [2.05, 4.69) is 31.1 Å². The number of nitrogens with one attached hydrogen (secondary N) is 1. The van der Waals surface area contributed by atoms with Gasteiger partial charge in [0.25, 0.3) is 0 Å². The molecule has 0 aromatic rings. The van der Waals surface area contributed by atoms with Gasteiger partial charge in [0, 0.05) is 18.5 Å². The van der Waals surface area contributed by atoms with Crippen molar-refractivity contribution in [2.24, 2.45) is 11.8 Å². The van der Waals surface area contributed by atoms with E-state index in [4.69, 9.17) is 5.11 Å². The van der Waals surface area contributed by atoms with Crippen molar-refractivity contribution >= 4 is 11.9 Å². The van der Waals surface area contributed by atoms with Crippen LogP contribution in [-0.4, -0.2) is 48.1 Å². The maximum absolute atomic E-state index is 12.0. The number of aliphatic carboxylic acids is 1. The van der Waals surface area contributed by atoms with Gasteiger partial charge in [-0.05, 0) is 66.0 Å². The minimum atomic E-state index is -0.719. The molecule has 0 aromatic heterocycles. The first-order valence-electron chi connectivity index (χ1n) is 8.12. The number of carbonyl (C=O) groups is 2. The number of unbranched alkanes of at least 4 members (excludes halogenated alkanes) is 1. The van der Waals surface area contributed by atoms with E-state index in [1.165, 1.54) is 0 Å². The smallest absolute Gasteiger partial charge is 0.306 e. The monoisotopic (exact) mass is 298 g/mol. The van der Waals surface area contributed by atoms with Crippen LogP contribution in [0.2, 0.25) is 0 Å². The van der Waals surface area contributed by atoms with Gasteiger partial charge >= 0.3 is 5.97 Å². The van der Waals surface area contributed by atoms with Gasteiger partial charge in [-0.3, -0.25) is 9.59 Å². The van der Waals surface area contributed by atoms with Gasteiger partial charge in [-0.2, -0.15) is 0 Å². The molecule has 2 N–H and O–H groups in total. The molecule has 1 amide bonds. The van der Waals surface area contributed by atoms with Crippen molar-refractivity contribution < 1.29 is 14.7 Å². The van der Waals surface area contributed by atoms with Crippen LogP contribution >= 0.6 is 0 Å². The molecule has 1 aliphatic carbocycles. The second-order valence-electron chi connectivity index (χ2n) is 6.46. The molecule has 0 radical (unpaired) electrons. The number of hydrogen-bond acceptors (Lipinski definition) is 3. The summed E-state index contributed by atoms with van der Waals surface area (Å²) in [6.07, 6.45) is 4.75. The predicted molar refractivity (Wildman–Crippen MR) is 83.1 cm³/mol. The molecule has 122 valence electrons. The molecular formula is C16H30N2O3. The first kappa shape index (κ1) is 18.0. The van der Waals surface area contributed by atoms with Crippen molar-refractivity contribution in [3.05, 3.63) is 0 Å². The summed E-state index contributed by atoms with van der Waals surface area (Å²) in [6, 6.07) is 0.559. The predicted octanol–water partition coefficient (Wildman–Crippen LogP) is 2.11. The van der Waals surface area contributed by atoms with Crippen molar-refractivity contribution in [3.8, 4) is 0 Å². The lowest BCUT2D eigenvalue weighted by atomic mass is 9.81. The second kappa shape index (κ2) is 9.03. The number of rotatable bonds is 8. The van der Waals surface area contributed by atoms with Gasteiger partial charge in [-0.1, -0.05) is 0 Å². The van der Waals surface area contributed by atoms with Crippen molar-refractivity contribution in [1.82, 2.24) is 10.2 Å².